The van der Waals surface area contributed by atoms with Gasteiger partial charge < -0.3 is 10.2 Å². The van der Waals surface area contributed by atoms with Crippen molar-refractivity contribution in [2.75, 3.05) is 19.6 Å². The lowest BCUT2D eigenvalue weighted by atomic mass is 9.90. The maximum Gasteiger partial charge on any atom is 0.254 e. The highest BCUT2D eigenvalue weighted by molar-refractivity contribution is 6.07. The van der Waals surface area contributed by atoms with Crippen LogP contribution in [0.3, 0.4) is 0 Å². The normalized spacial score (nSPS) is 19.1. The molecule has 3 aromatic rings. The van der Waals surface area contributed by atoms with Crippen molar-refractivity contribution in [3.8, 4) is 0 Å². The first-order chi connectivity index (χ1) is 15.7. The van der Waals surface area contributed by atoms with E-state index in [2.05, 4.69) is 29.6 Å². The number of carbonyl (C=O) groups is 2. The first-order valence-corrected chi connectivity index (χ1v) is 11.7. The maximum absolute atomic E-state index is 13.2. The number of piperidine rings is 1. The summed E-state index contributed by atoms with van der Waals surface area (Å²) >= 11 is 0. The molecule has 0 aromatic heterocycles. The van der Waals surface area contributed by atoms with Crippen molar-refractivity contribution in [2.24, 2.45) is 11.3 Å². The van der Waals surface area contributed by atoms with Gasteiger partial charge in [0, 0.05) is 31.1 Å². The van der Waals surface area contributed by atoms with E-state index in [0.29, 0.717) is 0 Å². The van der Waals surface area contributed by atoms with Gasteiger partial charge in [0.25, 0.3) is 5.91 Å². The van der Waals surface area contributed by atoms with E-state index in [1.165, 1.54) is 5.56 Å². The summed E-state index contributed by atoms with van der Waals surface area (Å²) in [6, 6.07) is 24.4. The number of hydrogen-bond donors (Lipinski definition) is 1. The monoisotopic (exact) mass is 426 g/mol. The van der Waals surface area contributed by atoms with E-state index < -0.39 is 0 Å². The second-order valence-electron chi connectivity index (χ2n) is 9.32. The Morgan fingerprint density at radius 1 is 0.906 bits per heavy atom. The summed E-state index contributed by atoms with van der Waals surface area (Å²) in [6.45, 7) is 2.20. The van der Waals surface area contributed by atoms with Crippen LogP contribution in [0.1, 0.15) is 41.6 Å². The topological polar surface area (TPSA) is 49.4 Å². The third-order valence-corrected chi connectivity index (χ3v) is 7.36. The summed E-state index contributed by atoms with van der Waals surface area (Å²) in [5.41, 5.74) is 2.20. The van der Waals surface area contributed by atoms with E-state index in [-0.39, 0.29) is 23.1 Å². The molecule has 1 saturated heterocycles. The lowest BCUT2D eigenvalue weighted by Gasteiger charge is -2.33. The van der Waals surface area contributed by atoms with Crippen LogP contribution in [0.2, 0.25) is 0 Å². The van der Waals surface area contributed by atoms with Gasteiger partial charge >= 0.3 is 0 Å². The largest absolute Gasteiger partial charge is 0.356 e. The predicted octanol–water partition coefficient (Wildman–Crippen LogP) is 4.83. The minimum absolute atomic E-state index is 0.110. The molecule has 1 spiro atoms. The summed E-state index contributed by atoms with van der Waals surface area (Å²) in [5, 5.41) is 5.26. The van der Waals surface area contributed by atoms with Gasteiger partial charge in [-0.1, -0.05) is 66.7 Å². The number of nitrogens with zero attached hydrogens (tertiary/aromatic N) is 1. The number of amides is 2. The minimum Gasteiger partial charge on any atom is -0.356 e. The van der Waals surface area contributed by atoms with Crippen LogP contribution in [-0.4, -0.2) is 36.3 Å². The van der Waals surface area contributed by atoms with Gasteiger partial charge in [0.2, 0.25) is 5.91 Å². The van der Waals surface area contributed by atoms with Crippen LogP contribution in [0.4, 0.5) is 0 Å². The third-order valence-electron chi connectivity index (χ3n) is 7.36. The van der Waals surface area contributed by atoms with Crippen LogP contribution in [0.25, 0.3) is 10.8 Å². The zero-order chi connectivity index (χ0) is 22.0. The molecule has 5 rings (SSSR count). The van der Waals surface area contributed by atoms with Crippen molar-refractivity contribution < 1.29 is 9.59 Å². The third kappa shape index (κ3) is 4.14. The first kappa shape index (κ1) is 20.7. The standard InChI is InChI=1S/C28H30N2O2/c31-26(29-17-7-10-21-8-2-1-3-9-21)25-20-28(25)15-18-30(19-16-28)27(32)24-14-6-12-22-11-4-5-13-23(22)24/h1-6,8-9,11-14,25H,7,10,15-20H2,(H,29,31)/t25-/m1/s1. The summed E-state index contributed by atoms with van der Waals surface area (Å²) < 4.78 is 0. The second-order valence-corrected chi connectivity index (χ2v) is 9.32. The van der Waals surface area contributed by atoms with Gasteiger partial charge in [-0.3, -0.25) is 9.59 Å². The zero-order valence-electron chi connectivity index (χ0n) is 18.4. The van der Waals surface area contributed by atoms with Gasteiger partial charge in [-0.05, 0) is 59.9 Å². The highest BCUT2D eigenvalue weighted by Crippen LogP contribution is 2.59. The number of aryl methyl sites for hydroxylation is 1. The molecular weight excluding hydrogens is 396 g/mol. The molecular formula is C28H30N2O2. The average molecular weight is 427 g/mol. The molecule has 2 amide bonds. The maximum atomic E-state index is 13.2. The molecule has 164 valence electrons. The van der Waals surface area contributed by atoms with Gasteiger partial charge in [0.05, 0.1) is 0 Å². The molecule has 32 heavy (non-hydrogen) atoms. The second kappa shape index (κ2) is 8.78. The fraction of sp³-hybridized carbons (Fsp3) is 0.357. The molecule has 0 bridgehead atoms. The molecule has 1 N–H and O–H groups in total. The Hall–Kier alpha value is -3.14. The van der Waals surface area contributed by atoms with E-state index in [4.69, 9.17) is 0 Å². The summed E-state index contributed by atoms with van der Waals surface area (Å²) in [4.78, 5) is 27.9. The smallest absolute Gasteiger partial charge is 0.254 e. The number of benzene rings is 3. The molecule has 1 aliphatic heterocycles. The fourth-order valence-electron chi connectivity index (χ4n) is 5.28. The van der Waals surface area contributed by atoms with E-state index in [1.54, 1.807) is 0 Å². The molecule has 3 aromatic carbocycles. The van der Waals surface area contributed by atoms with Crippen LogP contribution >= 0.6 is 0 Å². The SMILES string of the molecule is O=C(NCCCc1ccccc1)[C@H]1CC12CCN(C(=O)c1cccc3ccccc13)CC2. The van der Waals surface area contributed by atoms with E-state index >= 15 is 0 Å². The van der Waals surface area contributed by atoms with Gasteiger partial charge in [-0.2, -0.15) is 0 Å². The van der Waals surface area contributed by atoms with Crippen molar-refractivity contribution in [3.05, 3.63) is 83.9 Å². The van der Waals surface area contributed by atoms with E-state index in [9.17, 15) is 9.59 Å². The van der Waals surface area contributed by atoms with Crippen molar-refractivity contribution >= 4 is 22.6 Å². The lowest BCUT2D eigenvalue weighted by Crippen LogP contribution is -2.40. The lowest BCUT2D eigenvalue weighted by molar-refractivity contribution is -0.123. The minimum atomic E-state index is 0.110. The Balaban J connectivity index is 1.12. The quantitative estimate of drug-likeness (QED) is 0.574. The van der Waals surface area contributed by atoms with Crippen LogP contribution in [0, 0.1) is 11.3 Å². The number of rotatable bonds is 6. The van der Waals surface area contributed by atoms with Gasteiger partial charge in [-0.25, -0.2) is 0 Å². The van der Waals surface area contributed by atoms with Crippen molar-refractivity contribution in [2.45, 2.75) is 32.1 Å². The molecule has 4 heteroatoms. The Bertz CT molecular complexity index is 1110. The molecule has 0 unspecified atom stereocenters. The molecule has 2 aliphatic rings. The Labute approximate surface area is 189 Å². The van der Waals surface area contributed by atoms with E-state index in [0.717, 1.165) is 68.1 Å². The zero-order valence-corrected chi connectivity index (χ0v) is 18.4. The van der Waals surface area contributed by atoms with Gasteiger partial charge in [0.15, 0.2) is 0 Å². The predicted molar refractivity (Wildman–Crippen MR) is 127 cm³/mol. The van der Waals surface area contributed by atoms with Crippen LogP contribution in [-0.2, 0) is 11.2 Å². The Morgan fingerprint density at radius 2 is 1.62 bits per heavy atom. The molecule has 1 heterocycles. The molecule has 1 atom stereocenters. The number of likely N-dealkylation sites (tertiary alicyclic amines) is 1. The van der Waals surface area contributed by atoms with Gasteiger partial charge in [-0.15, -0.1) is 0 Å². The molecule has 4 nitrogen and oxygen atoms in total. The van der Waals surface area contributed by atoms with Crippen LogP contribution in [0.5, 0.6) is 0 Å². The first-order valence-electron chi connectivity index (χ1n) is 11.7. The van der Waals surface area contributed by atoms with E-state index in [1.807, 2.05) is 53.4 Å². The fourth-order valence-corrected chi connectivity index (χ4v) is 5.28. The molecule has 1 saturated carbocycles. The Kier molecular flexibility index (Phi) is 5.69. The van der Waals surface area contributed by atoms with Crippen molar-refractivity contribution in [3.63, 3.8) is 0 Å². The van der Waals surface area contributed by atoms with Crippen molar-refractivity contribution in [1.29, 1.82) is 0 Å². The highest BCUT2D eigenvalue weighted by atomic mass is 16.2. The van der Waals surface area contributed by atoms with Gasteiger partial charge in [0.1, 0.15) is 0 Å². The summed E-state index contributed by atoms with van der Waals surface area (Å²) in [6.07, 6.45) is 4.76. The highest BCUT2D eigenvalue weighted by Gasteiger charge is 2.58. The number of nitrogens with one attached hydrogen (secondary N) is 1. The number of hydrogen-bond acceptors (Lipinski definition) is 2. The molecule has 2 fully saturated rings. The van der Waals surface area contributed by atoms with Crippen molar-refractivity contribution in [1.82, 2.24) is 10.2 Å². The average Bonchev–Trinajstić information content (AvgIpc) is 3.55. The Morgan fingerprint density at radius 3 is 2.44 bits per heavy atom. The molecule has 1 aliphatic carbocycles. The summed E-state index contributed by atoms with van der Waals surface area (Å²) in [5.74, 6) is 0.431. The number of carbonyl (C=O) groups excluding carboxylic acids is 2. The number of fused-ring (bicyclic) bond motifs is 1. The molecule has 0 radical (unpaired) electrons. The van der Waals surface area contributed by atoms with Crippen LogP contribution < -0.4 is 5.32 Å². The summed E-state index contributed by atoms with van der Waals surface area (Å²) in [7, 11) is 0. The van der Waals surface area contributed by atoms with Crippen LogP contribution in [0.15, 0.2) is 72.8 Å².